The van der Waals surface area contributed by atoms with Gasteiger partial charge in [0.15, 0.2) is 0 Å². The van der Waals surface area contributed by atoms with Gasteiger partial charge in [-0.3, -0.25) is 14.5 Å². The van der Waals surface area contributed by atoms with E-state index in [-0.39, 0.29) is 30.1 Å². The van der Waals surface area contributed by atoms with Crippen molar-refractivity contribution >= 4 is 11.7 Å². The monoisotopic (exact) mass is 342 g/mol. The molecule has 4 fully saturated rings. The molecule has 1 aromatic carbocycles. The second-order valence-corrected chi connectivity index (χ2v) is 7.47. The van der Waals surface area contributed by atoms with Crippen molar-refractivity contribution in [3.8, 4) is 5.75 Å². The molecular weight excluding hydrogens is 316 g/mol. The van der Waals surface area contributed by atoms with Crippen molar-refractivity contribution < 1.29 is 14.3 Å². The summed E-state index contributed by atoms with van der Waals surface area (Å²) in [6.07, 6.45) is 2.56. The first-order valence-electron chi connectivity index (χ1n) is 9.35. The van der Waals surface area contributed by atoms with Crippen molar-refractivity contribution in [2.24, 2.45) is 5.92 Å². The highest BCUT2D eigenvalue weighted by molar-refractivity contribution is 6.36. The number of ketones is 1. The van der Waals surface area contributed by atoms with E-state index in [0.29, 0.717) is 18.5 Å². The lowest BCUT2D eigenvalue weighted by atomic mass is 9.75. The molecule has 0 unspecified atom stereocenters. The molecule has 134 valence electrons. The molecule has 0 aliphatic carbocycles. The lowest BCUT2D eigenvalue weighted by Crippen LogP contribution is -2.61. The van der Waals surface area contributed by atoms with Gasteiger partial charge in [0.1, 0.15) is 5.75 Å². The van der Waals surface area contributed by atoms with E-state index in [2.05, 4.69) is 17.0 Å². The molecule has 2 bridgehead atoms. The van der Waals surface area contributed by atoms with Gasteiger partial charge in [0, 0.05) is 24.9 Å². The molecule has 0 radical (unpaired) electrons. The average Bonchev–Trinajstić information content (AvgIpc) is 3.10. The number of nitrogens with zero attached hydrogens (tertiary/aromatic N) is 2. The maximum atomic E-state index is 12.7. The molecule has 5 heteroatoms. The minimum Gasteiger partial charge on any atom is -0.497 e. The predicted octanol–water partition coefficient (Wildman–Crippen LogP) is 2.06. The van der Waals surface area contributed by atoms with Crippen molar-refractivity contribution in [1.82, 2.24) is 9.80 Å². The zero-order valence-electron chi connectivity index (χ0n) is 15.0. The molecule has 0 saturated carbocycles. The minimum atomic E-state index is -0.276. The lowest BCUT2D eigenvalue weighted by Gasteiger charge is -2.51. The molecular formula is C20H26N2O3. The van der Waals surface area contributed by atoms with Crippen LogP contribution in [0.15, 0.2) is 24.3 Å². The van der Waals surface area contributed by atoms with Crippen LogP contribution in [0.2, 0.25) is 0 Å². The molecule has 1 aromatic rings. The Balaban J connectivity index is 1.67. The summed E-state index contributed by atoms with van der Waals surface area (Å²) in [7, 11) is 1.67. The Morgan fingerprint density at radius 3 is 2.40 bits per heavy atom. The van der Waals surface area contributed by atoms with Crippen LogP contribution < -0.4 is 4.74 Å². The molecule has 0 aromatic heterocycles. The highest BCUT2D eigenvalue weighted by Crippen LogP contribution is 2.46. The van der Waals surface area contributed by atoms with E-state index in [9.17, 15) is 9.59 Å². The standard InChI is InChI=1S/C20H26N2O3/c1-3-17(23)20(24)22-12-16(13-4-6-15(25-2)7-5-13)19-18(22)14-8-10-21(19)11-9-14/h4-7,14,16,18-19H,3,8-12H2,1-2H3/t16-,18+,19+/m0/s1. The van der Waals surface area contributed by atoms with E-state index in [1.54, 1.807) is 14.0 Å². The molecule has 5 nitrogen and oxygen atoms in total. The number of piperidine rings is 3. The third kappa shape index (κ3) is 2.65. The van der Waals surface area contributed by atoms with Gasteiger partial charge in [-0.1, -0.05) is 19.1 Å². The molecule has 25 heavy (non-hydrogen) atoms. The van der Waals surface area contributed by atoms with Crippen molar-refractivity contribution in [3.63, 3.8) is 0 Å². The van der Waals surface area contributed by atoms with E-state index in [0.717, 1.165) is 31.7 Å². The summed E-state index contributed by atoms with van der Waals surface area (Å²) >= 11 is 0. The fourth-order valence-electron chi connectivity index (χ4n) is 5.11. The zero-order valence-corrected chi connectivity index (χ0v) is 15.0. The minimum absolute atomic E-state index is 0.192. The number of fused-ring (bicyclic) bond motifs is 2. The third-order valence-corrected chi connectivity index (χ3v) is 6.36. The molecule has 3 atom stereocenters. The smallest absolute Gasteiger partial charge is 0.290 e. The topological polar surface area (TPSA) is 49.9 Å². The van der Waals surface area contributed by atoms with Gasteiger partial charge in [-0.05, 0) is 49.5 Å². The van der Waals surface area contributed by atoms with Crippen LogP contribution in [0.25, 0.3) is 0 Å². The Bertz CT molecular complexity index is 664. The van der Waals surface area contributed by atoms with E-state index in [4.69, 9.17) is 4.74 Å². The molecule has 0 spiro atoms. The average molecular weight is 342 g/mol. The normalized spacial score (nSPS) is 33.2. The predicted molar refractivity (Wildman–Crippen MR) is 94.6 cm³/mol. The molecule has 0 N–H and O–H groups in total. The molecule has 4 saturated heterocycles. The summed E-state index contributed by atoms with van der Waals surface area (Å²) in [6, 6.07) is 8.73. The zero-order chi connectivity index (χ0) is 17.6. The highest BCUT2D eigenvalue weighted by atomic mass is 16.5. The molecule has 5 rings (SSSR count). The summed E-state index contributed by atoms with van der Waals surface area (Å²) in [5, 5.41) is 0. The van der Waals surface area contributed by atoms with Gasteiger partial charge in [0.05, 0.1) is 13.2 Å². The first-order valence-corrected chi connectivity index (χ1v) is 9.35. The lowest BCUT2D eigenvalue weighted by molar-refractivity contribution is -0.147. The SMILES string of the molecule is CCC(=O)C(=O)N1C[C@@H](c2ccc(OC)cc2)[C@@H]2[C@H]1C1CCN2CC1. The second-order valence-electron chi connectivity index (χ2n) is 7.47. The van der Waals surface area contributed by atoms with Crippen LogP contribution in [0.1, 0.15) is 37.7 Å². The van der Waals surface area contributed by atoms with Crippen LogP contribution in [0.5, 0.6) is 5.75 Å². The first-order chi connectivity index (χ1) is 12.1. The Kier molecular flexibility index (Phi) is 4.28. The van der Waals surface area contributed by atoms with Crippen molar-refractivity contribution in [2.45, 2.75) is 44.2 Å². The van der Waals surface area contributed by atoms with Crippen molar-refractivity contribution in [1.29, 1.82) is 0 Å². The van der Waals surface area contributed by atoms with Crippen LogP contribution >= 0.6 is 0 Å². The van der Waals surface area contributed by atoms with Crippen LogP contribution in [0.3, 0.4) is 0 Å². The first kappa shape index (κ1) is 16.6. The molecule has 4 heterocycles. The van der Waals surface area contributed by atoms with Crippen LogP contribution in [-0.4, -0.2) is 60.3 Å². The van der Waals surface area contributed by atoms with Gasteiger partial charge in [-0.2, -0.15) is 0 Å². The quantitative estimate of drug-likeness (QED) is 0.786. The maximum Gasteiger partial charge on any atom is 0.290 e. The largest absolute Gasteiger partial charge is 0.497 e. The molecule has 4 aliphatic heterocycles. The molecule has 1 amide bonds. The highest BCUT2D eigenvalue weighted by Gasteiger charge is 2.55. The van der Waals surface area contributed by atoms with Gasteiger partial charge >= 0.3 is 0 Å². The van der Waals surface area contributed by atoms with Gasteiger partial charge < -0.3 is 9.64 Å². The van der Waals surface area contributed by atoms with E-state index >= 15 is 0 Å². The van der Waals surface area contributed by atoms with E-state index < -0.39 is 0 Å². The number of amides is 1. The van der Waals surface area contributed by atoms with Crippen molar-refractivity contribution in [2.75, 3.05) is 26.7 Å². The number of likely N-dealkylation sites (tertiary alicyclic amines) is 1. The van der Waals surface area contributed by atoms with Crippen LogP contribution in [-0.2, 0) is 9.59 Å². The van der Waals surface area contributed by atoms with Gasteiger partial charge in [0.25, 0.3) is 5.91 Å². The summed E-state index contributed by atoms with van der Waals surface area (Å²) in [5.41, 5.74) is 1.24. The number of hydrogen-bond donors (Lipinski definition) is 0. The van der Waals surface area contributed by atoms with Gasteiger partial charge in [-0.25, -0.2) is 0 Å². The van der Waals surface area contributed by atoms with Crippen LogP contribution in [0, 0.1) is 5.92 Å². The molecule has 4 aliphatic rings. The summed E-state index contributed by atoms with van der Waals surface area (Å²) < 4.78 is 5.27. The Hall–Kier alpha value is -1.88. The summed E-state index contributed by atoms with van der Waals surface area (Å²) in [6.45, 7) is 4.65. The van der Waals surface area contributed by atoms with E-state index in [1.807, 2.05) is 17.0 Å². The Labute approximate surface area is 148 Å². The number of methoxy groups -OCH3 is 1. The summed E-state index contributed by atoms with van der Waals surface area (Å²) in [4.78, 5) is 29.3. The second kappa shape index (κ2) is 6.45. The number of Topliss-reactive ketones (excluding diaryl/α,β-unsaturated/α-hetero) is 1. The van der Waals surface area contributed by atoms with Gasteiger partial charge in [0.2, 0.25) is 5.78 Å². The number of carbonyl (C=O) groups excluding carboxylic acids is 2. The van der Waals surface area contributed by atoms with Gasteiger partial charge in [-0.15, -0.1) is 0 Å². The fourth-order valence-corrected chi connectivity index (χ4v) is 5.11. The van der Waals surface area contributed by atoms with Crippen LogP contribution in [0.4, 0.5) is 0 Å². The number of carbonyl (C=O) groups is 2. The maximum absolute atomic E-state index is 12.7. The van der Waals surface area contributed by atoms with Crippen molar-refractivity contribution in [3.05, 3.63) is 29.8 Å². The Morgan fingerprint density at radius 2 is 1.80 bits per heavy atom. The fraction of sp³-hybridized carbons (Fsp3) is 0.600. The third-order valence-electron chi connectivity index (χ3n) is 6.36. The Morgan fingerprint density at radius 1 is 1.12 bits per heavy atom. The number of hydrogen-bond acceptors (Lipinski definition) is 4. The number of benzene rings is 1. The number of rotatable bonds is 4. The summed E-state index contributed by atoms with van der Waals surface area (Å²) in [5.74, 6) is 1.12. The van der Waals surface area contributed by atoms with E-state index in [1.165, 1.54) is 5.56 Å². The number of ether oxygens (including phenoxy) is 1.